The number of phenolic OH excluding ortho intramolecular Hbond substituents is 1. The van der Waals surface area contributed by atoms with Gasteiger partial charge in [-0.3, -0.25) is 9.69 Å². The van der Waals surface area contributed by atoms with Crippen LogP contribution in [0.5, 0.6) is 5.75 Å². The van der Waals surface area contributed by atoms with Crippen LogP contribution in [-0.4, -0.2) is 102 Å². The molecule has 0 saturated carbocycles. The van der Waals surface area contributed by atoms with Crippen molar-refractivity contribution in [3.63, 3.8) is 0 Å². The van der Waals surface area contributed by atoms with E-state index >= 15 is 4.39 Å². The first-order chi connectivity index (χ1) is 21.8. The number of rotatable bonds is 7. The summed E-state index contributed by atoms with van der Waals surface area (Å²) >= 11 is 0. The van der Waals surface area contributed by atoms with E-state index in [-0.39, 0.29) is 41.5 Å². The van der Waals surface area contributed by atoms with Crippen LogP contribution in [0.2, 0.25) is 0 Å². The number of piperidine rings is 1. The lowest BCUT2D eigenvalue weighted by Crippen LogP contribution is -2.47. The third-order valence-corrected chi connectivity index (χ3v) is 8.26. The lowest BCUT2D eigenvalue weighted by atomic mass is 10.0. The number of pyridine rings is 1. The van der Waals surface area contributed by atoms with E-state index in [1.807, 2.05) is 24.3 Å². The summed E-state index contributed by atoms with van der Waals surface area (Å²) in [7, 11) is 0. The number of phenols is 1. The molecule has 0 aliphatic carbocycles. The molecule has 45 heavy (non-hydrogen) atoms. The number of halogens is 1. The van der Waals surface area contributed by atoms with Gasteiger partial charge in [-0.05, 0) is 31.0 Å². The van der Waals surface area contributed by atoms with Crippen LogP contribution in [0.25, 0.3) is 28.2 Å². The molecule has 2 aliphatic rings. The third-order valence-electron chi connectivity index (χ3n) is 8.26. The maximum atomic E-state index is 16.3. The largest absolute Gasteiger partial charge is 0.508 e. The summed E-state index contributed by atoms with van der Waals surface area (Å²) in [6, 6.07) is 12.0. The van der Waals surface area contributed by atoms with Gasteiger partial charge in [-0.1, -0.05) is 18.2 Å². The van der Waals surface area contributed by atoms with Crippen LogP contribution >= 0.6 is 0 Å². The minimum atomic E-state index is -0.945. The fraction of sp³-hybridized carbons (Fsp3) is 0.355. The molecule has 1 aromatic carbocycles. The summed E-state index contributed by atoms with van der Waals surface area (Å²) in [6.45, 7) is 3.09. The molecule has 0 unspecified atom stereocenters. The molecule has 1 atom stereocenters. The van der Waals surface area contributed by atoms with Gasteiger partial charge in [-0.25, -0.2) is 23.7 Å². The molecule has 4 aromatic rings. The Balaban J connectivity index is 1.32. The van der Waals surface area contributed by atoms with Gasteiger partial charge in [0.25, 0.3) is 0 Å². The number of aromatic nitrogens is 4. The number of anilines is 1. The molecular weight excluding hydrogens is 581 g/mol. The quantitative estimate of drug-likeness (QED) is 0.281. The zero-order valence-electron chi connectivity index (χ0n) is 24.4. The Labute approximate surface area is 258 Å². The predicted molar refractivity (Wildman–Crippen MR) is 162 cm³/mol. The van der Waals surface area contributed by atoms with Gasteiger partial charge in [0.15, 0.2) is 17.5 Å². The Morgan fingerprint density at radius 3 is 2.67 bits per heavy atom. The van der Waals surface area contributed by atoms with Gasteiger partial charge in [-0.2, -0.15) is 10.4 Å². The molecule has 5 heterocycles. The monoisotopic (exact) mass is 613 g/mol. The SMILES string of the molecule is N#CCC(=O)N1CCC[C@@H](Nc2nc(-c3cnn4ccccc34)nc(-c3ccc(CN4CCN(C(=O)O)CC4)c(O)c3)c2F)C1. The number of nitriles is 1. The summed E-state index contributed by atoms with van der Waals surface area (Å²) in [5, 5.41) is 36.7. The number of nitrogens with one attached hydrogen (secondary N) is 1. The number of nitrogens with zero attached hydrogens (tertiary/aromatic N) is 8. The van der Waals surface area contributed by atoms with E-state index in [0.717, 1.165) is 5.52 Å². The molecule has 0 spiro atoms. The van der Waals surface area contributed by atoms with Gasteiger partial charge in [0.1, 0.15) is 17.9 Å². The second-order valence-electron chi connectivity index (χ2n) is 11.2. The molecule has 0 bridgehead atoms. The predicted octanol–water partition coefficient (Wildman–Crippen LogP) is 3.42. The number of carbonyl (C=O) groups is 2. The van der Waals surface area contributed by atoms with Gasteiger partial charge in [-0.15, -0.1) is 0 Å². The Hall–Kier alpha value is -5.29. The average Bonchev–Trinajstić information content (AvgIpc) is 3.48. The van der Waals surface area contributed by atoms with E-state index in [1.54, 1.807) is 33.9 Å². The van der Waals surface area contributed by atoms with E-state index in [0.29, 0.717) is 75.3 Å². The number of aromatic hydroxyl groups is 1. The molecule has 3 N–H and O–H groups in total. The van der Waals surface area contributed by atoms with Gasteiger partial charge in [0, 0.05) is 69.2 Å². The van der Waals surface area contributed by atoms with Crippen molar-refractivity contribution in [1.82, 2.24) is 34.3 Å². The van der Waals surface area contributed by atoms with Crippen LogP contribution in [-0.2, 0) is 11.3 Å². The van der Waals surface area contributed by atoms with Crippen molar-refractivity contribution in [1.29, 1.82) is 5.26 Å². The summed E-state index contributed by atoms with van der Waals surface area (Å²) in [4.78, 5) is 37.8. The number of fused-ring (bicyclic) bond motifs is 1. The first kappa shape index (κ1) is 29.8. The Morgan fingerprint density at radius 1 is 1.09 bits per heavy atom. The number of hydrogen-bond acceptors (Lipinski definition) is 9. The summed E-state index contributed by atoms with van der Waals surface area (Å²) in [5.41, 5.74) is 2.29. The molecule has 13 nitrogen and oxygen atoms in total. The van der Waals surface area contributed by atoms with Crippen LogP contribution in [0.15, 0.2) is 48.8 Å². The smallest absolute Gasteiger partial charge is 0.407 e. The number of carboxylic acid groups (broad SMARTS) is 1. The highest BCUT2D eigenvalue weighted by Gasteiger charge is 2.27. The second-order valence-corrected chi connectivity index (χ2v) is 11.2. The van der Waals surface area contributed by atoms with Crippen LogP contribution in [0.4, 0.5) is 15.0 Å². The van der Waals surface area contributed by atoms with E-state index in [1.165, 1.54) is 11.0 Å². The lowest BCUT2D eigenvalue weighted by Gasteiger charge is -2.33. The van der Waals surface area contributed by atoms with Crippen molar-refractivity contribution in [2.45, 2.75) is 31.8 Å². The normalized spacial score (nSPS) is 17.3. The maximum absolute atomic E-state index is 16.3. The van der Waals surface area contributed by atoms with E-state index < -0.39 is 11.9 Å². The highest BCUT2D eigenvalue weighted by atomic mass is 19.1. The molecule has 2 fully saturated rings. The van der Waals surface area contributed by atoms with Gasteiger partial charge in [0.2, 0.25) is 5.91 Å². The highest BCUT2D eigenvalue weighted by Crippen LogP contribution is 2.33. The minimum absolute atomic E-state index is 0.0112. The number of amides is 2. The molecule has 2 amide bonds. The Kier molecular flexibility index (Phi) is 8.43. The molecular formula is C31H32FN9O4. The standard InChI is InChI=1S/C31H32FN9O4/c32-27-28(20-6-7-21(25(42)16-20)18-38-12-14-39(15-13-38)31(44)45)36-29(23-17-34-41-11-2-1-5-24(23)41)37-30(27)35-22-4-3-10-40(19-22)26(43)8-9-33/h1-2,5-7,11,16-17,22,42H,3-4,8,10,12-15,18-19H2,(H,44,45)(H,35,36,37)/t22-/m1/s1. The van der Waals surface area contributed by atoms with Crippen molar-refractivity contribution in [3.8, 4) is 34.5 Å². The molecule has 14 heteroatoms. The van der Waals surface area contributed by atoms with Gasteiger partial charge in [0.05, 0.1) is 23.3 Å². The first-order valence-corrected chi connectivity index (χ1v) is 14.7. The molecule has 232 valence electrons. The summed E-state index contributed by atoms with van der Waals surface area (Å²) in [6.07, 6.45) is 3.61. The van der Waals surface area contributed by atoms with Crippen molar-refractivity contribution in [3.05, 3.63) is 60.2 Å². The molecule has 6 rings (SSSR count). The summed E-state index contributed by atoms with van der Waals surface area (Å²) in [5.74, 6) is -0.795. The Bertz CT molecular complexity index is 1780. The first-order valence-electron chi connectivity index (χ1n) is 14.7. The van der Waals surface area contributed by atoms with E-state index in [2.05, 4.69) is 25.3 Å². The lowest BCUT2D eigenvalue weighted by molar-refractivity contribution is -0.131. The average molecular weight is 614 g/mol. The van der Waals surface area contributed by atoms with Crippen LogP contribution in [0, 0.1) is 17.1 Å². The highest BCUT2D eigenvalue weighted by molar-refractivity contribution is 5.79. The van der Waals surface area contributed by atoms with Crippen molar-refractivity contribution in [2.75, 3.05) is 44.6 Å². The number of likely N-dealkylation sites (tertiary alicyclic amines) is 1. The number of benzene rings is 1. The molecule has 3 aromatic heterocycles. The number of hydrogen-bond donors (Lipinski definition) is 3. The fourth-order valence-corrected chi connectivity index (χ4v) is 5.84. The minimum Gasteiger partial charge on any atom is -0.508 e. The van der Waals surface area contributed by atoms with E-state index in [9.17, 15) is 19.8 Å². The molecule has 0 radical (unpaired) electrons. The fourth-order valence-electron chi connectivity index (χ4n) is 5.84. The maximum Gasteiger partial charge on any atom is 0.407 e. The van der Waals surface area contributed by atoms with Crippen molar-refractivity contribution in [2.24, 2.45) is 0 Å². The Morgan fingerprint density at radius 2 is 1.91 bits per heavy atom. The number of piperazine rings is 1. The second kappa shape index (κ2) is 12.7. The van der Waals surface area contributed by atoms with Gasteiger partial charge >= 0.3 is 6.09 Å². The van der Waals surface area contributed by atoms with E-state index in [4.69, 9.17) is 5.26 Å². The topological polar surface area (TPSA) is 163 Å². The van der Waals surface area contributed by atoms with Crippen LogP contribution in [0.1, 0.15) is 24.8 Å². The third kappa shape index (κ3) is 6.34. The van der Waals surface area contributed by atoms with Gasteiger partial charge < -0.3 is 25.3 Å². The zero-order valence-corrected chi connectivity index (χ0v) is 24.4. The van der Waals surface area contributed by atoms with Crippen molar-refractivity contribution < 1.29 is 24.2 Å². The van der Waals surface area contributed by atoms with Crippen LogP contribution in [0.3, 0.4) is 0 Å². The molecule has 2 aliphatic heterocycles. The zero-order chi connectivity index (χ0) is 31.5. The van der Waals surface area contributed by atoms with Crippen LogP contribution < -0.4 is 5.32 Å². The molecule has 2 saturated heterocycles. The van der Waals surface area contributed by atoms with Crippen molar-refractivity contribution >= 4 is 23.3 Å². The number of carbonyl (C=O) groups excluding carboxylic acids is 1. The summed E-state index contributed by atoms with van der Waals surface area (Å²) < 4.78 is 17.9.